The van der Waals surface area contributed by atoms with Crippen molar-refractivity contribution in [3.05, 3.63) is 0 Å². The first kappa shape index (κ1) is 29.6. The minimum Gasteiger partial charge on any atom is -0.853 e. The molecule has 144 valence electrons. The van der Waals surface area contributed by atoms with Crippen LogP contribution in [0.5, 0.6) is 0 Å². The van der Waals surface area contributed by atoms with Gasteiger partial charge in [-0.25, -0.2) is 0 Å². The Morgan fingerprint density at radius 2 is 1.78 bits per heavy atom. The molecule has 0 saturated carbocycles. The number of hydrogen-bond acceptors (Lipinski definition) is 7. The van der Waals surface area contributed by atoms with Gasteiger partial charge in [-0.05, 0) is 6.42 Å². The number of unbranched alkanes of at least 4 members (excludes halogenated alkanes) is 6. The van der Waals surface area contributed by atoms with Crippen molar-refractivity contribution in [3.8, 4) is 0 Å². The van der Waals surface area contributed by atoms with Crippen LogP contribution in [0.3, 0.4) is 0 Å². The Balaban J connectivity index is 0. The molecule has 1 rings (SSSR count). The van der Waals surface area contributed by atoms with Gasteiger partial charge < -0.3 is 24.6 Å². The van der Waals surface area contributed by atoms with Crippen molar-refractivity contribution < 1.29 is 83.7 Å². The summed E-state index contributed by atoms with van der Waals surface area (Å²) in [5, 5.41) is 21.5. The van der Waals surface area contributed by atoms with Crippen molar-refractivity contribution in [3.63, 3.8) is 0 Å². The van der Waals surface area contributed by atoms with Gasteiger partial charge in [0.2, 0.25) is 0 Å². The Morgan fingerprint density at radius 1 is 1.15 bits per heavy atom. The van der Waals surface area contributed by atoms with E-state index in [1.165, 1.54) is 25.7 Å². The number of carboxylic acid groups (broad SMARTS) is 1. The summed E-state index contributed by atoms with van der Waals surface area (Å²) >= 11 is 0. The first-order valence-electron chi connectivity index (χ1n) is 9.32. The van der Waals surface area contributed by atoms with E-state index in [0.717, 1.165) is 19.3 Å². The van der Waals surface area contributed by atoms with Crippen LogP contribution >= 0.6 is 0 Å². The van der Waals surface area contributed by atoms with Crippen molar-refractivity contribution in [2.45, 2.75) is 70.8 Å². The molecule has 0 N–H and O–H groups in total. The molecule has 1 atom stereocenters. The van der Waals surface area contributed by atoms with E-state index in [2.05, 4.69) is 11.9 Å². The smallest absolute Gasteiger partial charge is 0.853 e. The van der Waals surface area contributed by atoms with Gasteiger partial charge in [0.1, 0.15) is 12.3 Å². The fraction of sp³-hybridized carbons (Fsp3) is 0.833. The number of esters is 1. The number of carboxylic acids is 1. The van der Waals surface area contributed by atoms with E-state index >= 15 is 0 Å². The number of aliphatic carboxylic acids is 1. The standard InChI is InChI=1S/C18H31N2O5.2Na/c1-2-3-4-5-6-7-8-11-25-18(24)13-16-19-15(12-17(22)23)14-20(16)9-10-21;;/h15H,2-14H2,1H3,(H,22,23);;/q-1;2*+1/p-1. The van der Waals surface area contributed by atoms with Crippen LogP contribution in [0.2, 0.25) is 0 Å². The van der Waals surface area contributed by atoms with Crippen molar-refractivity contribution in [2.75, 3.05) is 26.3 Å². The zero-order valence-electron chi connectivity index (χ0n) is 17.2. The number of carbonyl (C=O) groups is 2. The quantitative estimate of drug-likeness (QED) is 0.163. The van der Waals surface area contributed by atoms with Gasteiger partial charge in [0, 0.05) is 25.5 Å². The summed E-state index contributed by atoms with van der Waals surface area (Å²) in [5.41, 5.74) is 0. The largest absolute Gasteiger partial charge is 1.00 e. The molecule has 1 aliphatic heterocycles. The Hall–Kier alpha value is 0.370. The Kier molecular flexibility index (Phi) is 20.2. The summed E-state index contributed by atoms with van der Waals surface area (Å²) in [7, 11) is 0. The molecule has 1 heterocycles. The van der Waals surface area contributed by atoms with Crippen LogP contribution in [-0.4, -0.2) is 55.0 Å². The van der Waals surface area contributed by atoms with E-state index in [1.807, 2.05) is 0 Å². The maximum atomic E-state index is 11.9. The van der Waals surface area contributed by atoms with Gasteiger partial charge in [0.05, 0.1) is 12.6 Å². The average molecular weight is 400 g/mol. The third kappa shape index (κ3) is 14.1. The Morgan fingerprint density at radius 3 is 2.37 bits per heavy atom. The predicted octanol–water partition coefficient (Wildman–Crippen LogP) is -5.74. The summed E-state index contributed by atoms with van der Waals surface area (Å²) in [6, 6.07) is -0.456. The molecule has 0 saturated heterocycles. The minimum atomic E-state index is -1.18. The summed E-state index contributed by atoms with van der Waals surface area (Å²) in [6.45, 7) is 2.81. The van der Waals surface area contributed by atoms with Gasteiger partial charge in [-0.3, -0.25) is 9.79 Å². The molecular weight excluding hydrogens is 370 g/mol. The van der Waals surface area contributed by atoms with Crippen LogP contribution in [0.1, 0.15) is 64.7 Å². The van der Waals surface area contributed by atoms with Crippen LogP contribution < -0.4 is 69.3 Å². The molecule has 0 aromatic rings. The maximum absolute atomic E-state index is 11.9. The number of nitrogens with zero attached hydrogens (tertiary/aromatic N) is 2. The molecule has 0 spiro atoms. The van der Waals surface area contributed by atoms with Gasteiger partial charge in [0.25, 0.3) is 0 Å². The van der Waals surface area contributed by atoms with Crippen LogP contribution in [0.4, 0.5) is 0 Å². The molecular formula is C18H30N2Na2O5. The first-order valence-corrected chi connectivity index (χ1v) is 9.32. The van der Waals surface area contributed by atoms with E-state index < -0.39 is 12.0 Å². The number of amidine groups is 1. The molecule has 27 heavy (non-hydrogen) atoms. The number of hydrogen-bond donors (Lipinski definition) is 0. The SMILES string of the molecule is CCCCCCCCCOC(=O)CC1=NC(CC(=O)[O-])CN1CC[O-].[Na+].[Na+]. The minimum absolute atomic E-state index is 0. The Bertz CT molecular complexity index is 449. The van der Waals surface area contributed by atoms with Crippen LogP contribution in [0.15, 0.2) is 4.99 Å². The molecule has 0 aliphatic carbocycles. The van der Waals surface area contributed by atoms with Crippen molar-refractivity contribution in [2.24, 2.45) is 4.99 Å². The van der Waals surface area contributed by atoms with Gasteiger partial charge in [-0.2, -0.15) is 0 Å². The molecule has 0 fully saturated rings. The fourth-order valence-electron chi connectivity index (χ4n) is 2.91. The molecule has 0 amide bonds. The summed E-state index contributed by atoms with van der Waals surface area (Å²) in [4.78, 5) is 28.5. The molecule has 1 aliphatic rings. The predicted molar refractivity (Wildman–Crippen MR) is 90.9 cm³/mol. The summed E-state index contributed by atoms with van der Waals surface area (Å²) < 4.78 is 5.22. The maximum Gasteiger partial charge on any atom is 1.00 e. The molecule has 1 unspecified atom stereocenters. The third-order valence-corrected chi connectivity index (χ3v) is 4.20. The summed E-state index contributed by atoms with van der Waals surface area (Å²) in [6.07, 6.45) is 7.83. The van der Waals surface area contributed by atoms with E-state index in [-0.39, 0.29) is 91.1 Å². The van der Waals surface area contributed by atoms with Crippen molar-refractivity contribution >= 4 is 17.8 Å². The van der Waals surface area contributed by atoms with Crippen LogP contribution in [0, 0.1) is 0 Å². The monoisotopic (exact) mass is 400 g/mol. The number of aliphatic imine (C=N–C) groups is 1. The van der Waals surface area contributed by atoms with E-state index in [0.29, 0.717) is 19.0 Å². The van der Waals surface area contributed by atoms with E-state index in [9.17, 15) is 19.8 Å². The number of rotatable bonds is 14. The number of carbonyl (C=O) groups excluding carboxylic acids is 2. The number of ether oxygens (including phenoxy) is 1. The van der Waals surface area contributed by atoms with Crippen molar-refractivity contribution in [1.82, 2.24) is 4.90 Å². The molecule has 0 radical (unpaired) electrons. The first-order chi connectivity index (χ1) is 12.1. The molecule has 0 aromatic carbocycles. The van der Waals surface area contributed by atoms with Crippen LogP contribution in [-0.2, 0) is 14.3 Å². The molecule has 0 bridgehead atoms. The zero-order valence-corrected chi connectivity index (χ0v) is 21.2. The molecule has 7 nitrogen and oxygen atoms in total. The topological polar surface area (TPSA) is 105 Å². The fourth-order valence-corrected chi connectivity index (χ4v) is 2.91. The van der Waals surface area contributed by atoms with E-state index in [1.54, 1.807) is 4.90 Å². The average Bonchev–Trinajstić information content (AvgIpc) is 2.90. The third-order valence-electron chi connectivity index (χ3n) is 4.20. The van der Waals surface area contributed by atoms with Gasteiger partial charge in [-0.1, -0.05) is 45.4 Å². The van der Waals surface area contributed by atoms with Crippen LogP contribution in [0.25, 0.3) is 0 Å². The van der Waals surface area contributed by atoms with Gasteiger partial charge in [0.15, 0.2) is 0 Å². The second-order valence-corrected chi connectivity index (χ2v) is 6.44. The van der Waals surface area contributed by atoms with Gasteiger partial charge in [-0.15, -0.1) is 6.61 Å². The van der Waals surface area contributed by atoms with Crippen molar-refractivity contribution in [1.29, 1.82) is 0 Å². The second kappa shape index (κ2) is 18.4. The Labute approximate surface area is 206 Å². The van der Waals surface area contributed by atoms with E-state index in [4.69, 9.17) is 4.74 Å². The normalized spacial score (nSPS) is 15.6. The second-order valence-electron chi connectivity index (χ2n) is 6.44. The summed E-state index contributed by atoms with van der Waals surface area (Å²) in [5.74, 6) is -1.11. The molecule has 0 aromatic heterocycles. The molecule has 9 heteroatoms. The zero-order chi connectivity index (χ0) is 18.5. The van der Waals surface area contributed by atoms with Gasteiger partial charge >= 0.3 is 65.1 Å².